The number of carbonyl (C=O) groups is 1. The van der Waals surface area contributed by atoms with Crippen LogP contribution < -0.4 is 14.8 Å². The number of rotatable bonds is 9. The van der Waals surface area contributed by atoms with Crippen LogP contribution in [0.4, 0.5) is 4.79 Å². The minimum Gasteiger partial charge on any atom is -0.409 e. The Balaban J connectivity index is 1.87. The van der Waals surface area contributed by atoms with E-state index >= 15 is 0 Å². The molecule has 0 radical (unpaired) electrons. The Kier molecular flexibility index (Phi) is 8.13. The maximum atomic E-state index is 13.2. The van der Waals surface area contributed by atoms with Gasteiger partial charge in [0.05, 0.1) is 0 Å². The van der Waals surface area contributed by atoms with Crippen LogP contribution in [0.3, 0.4) is 0 Å². The van der Waals surface area contributed by atoms with Crippen molar-refractivity contribution in [3.8, 4) is 5.75 Å². The van der Waals surface area contributed by atoms with Crippen molar-refractivity contribution in [1.82, 2.24) is 14.3 Å². The Morgan fingerprint density at radius 3 is 2.70 bits per heavy atom. The number of carbonyl (C=O) groups excluding carboxylic acids is 1. The molecule has 3 rings (SSSR count). The molecule has 2 heterocycles. The third-order valence-corrected chi connectivity index (χ3v) is 10.4. The molecule has 1 aromatic heterocycles. The second-order valence-electron chi connectivity index (χ2n) is 7.39. The molecule has 1 amide bonds. The van der Waals surface area contributed by atoms with Crippen molar-refractivity contribution in [2.24, 2.45) is 0 Å². The van der Waals surface area contributed by atoms with Crippen molar-refractivity contribution in [3.05, 3.63) is 41.5 Å². The monoisotopic (exact) mass is 517 g/mol. The summed E-state index contributed by atoms with van der Waals surface area (Å²) in [6, 6.07) is 7.59. The largest absolute Gasteiger partial charge is 0.426 e. The highest BCUT2D eigenvalue weighted by molar-refractivity contribution is 7.94. The van der Waals surface area contributed by atoms with E-state index in [0.717, 1.165) is 0 Å². The molecule has 0 aliphatic carbocycles. The fraction of sp³-hybridized carbons (Fsp3) is 0.450. The number of sulfonamides is 2. The third-order valence-electron chi connectivity index (χ3n) is 5.02. The van der Waals surface area contributed by atoms with Gasteiger partial charge in [-0.2, -0.15) is 4.31 Å². The number of likely N-dealkylation sites (N-methyl/N-ethyl adjacent to an activating group) is 1. The smallest absolute Gasteiger partial charge is 0.409 e. The number of hydrogen-bond donors (Lipinski definition) is 2. The standard InChI is InChI=1S/C20H27N3O7S3/c1-4-21-16-13-23(10-7-11-29-3)33(27,28)19-15(16)12-18(31-19)32(25,26)22-20(24)30-17-9-6-5-8-14(17)2/h5-6,8-9,12,16,21H,4,7,10-11,13H2,1-3H3,(H,22,24)/t16-/m0/s1. The summed E-state index contributed by atoms with van der Waals surface area (Å²) in [5.74, 6) is 0.220. The number of fused-ring (bicyclic) bond motifs is 1. The van der Waals surface area contributed by atoms with E-state index in [1.165, 1.54) is 23.5 Å². The second kappa shape index (κ2) is 10.5. The molecule has 0 saturated carbocycles. The lowest BCUT2D eigenvalue weighted by atomic mass is 10.1. The molecule has 0 bridgehead atoms. The van der Waals surface area contributed by atoms with Crippen LogP contribution in [0, 0.1) is 6.92 Å². The molecule has 182 valence electrons. The van der Waals surface area contributed by atoms with Crippen molar-refractivity contribution < 1.29 is 31.1 Å². The third kappa shape index (κ3) is 5.73. The van der Waals surface area contributed by atoms with Crippen LogP contribution in [-0.4, -0.2) is 60.6 Å². The van der Waals surface area contributed by atoms with Crippen molar-refractivity contribution in [2.45, 2.75) is 34.7 Å². The fourth-order valence-electron chi connectivity index (χ4n) is 3.43. The molecule has 0 spiro atoms. The van der Waals surface area contributed by atoms with Crippen molar-refractivity contribution in [1.29, 1.82) is 0 Å². The number of aryl methyl sites for hydroxylation is 1. The van der Waals surface area contributed by atoms with Gasteiger partial charge in [0.15, 0.2) is 0 Å². The van der Waals surface area contributed by atoms with E-state index < -0.39 is 26.1 Å². The molecule has 1 atom stereocenters. The maximum Gasteiger partial charge on any atom is 0.426 e. The van der Waals surface area contributed by atoms with Crippen molar-refractivity contribution in [3.63, 3.8) is 0 Å². The van der Waals surface area contributed by atoms with E-state index in [1.54, 1.807) is 25.1 Å². The predicted molar refractivity (Wildman–Crippen MR) is 124 cm³/mol. The number of benzene rings is 1. The highest BCUT2D eigenvalue weighted by atomic mass is 32.3. The molecule has 1 aromatic carbocycles. The number of nitrogens with zero attached hydrogens (tertiary/aromatic N) is 1. The Morgan fingerprint density at radius 1 is 1.30 bits per heavy atom. The van der Waals surface area contributed by atoms with Gasteiger partial charge in [0, 0.05) is 38.4 Å². The van der Waals surface area contributed by atoms with Gasteiger partial charge in [-0.1, -0.05) is 25.1 Å². The molecule has 1 aliphatic rings. The van der Waals surface area contributed by atoms with Gasteiger partial charge in [0.25, 0.3) is 20.0 Å². The number of amides is 1. The van der Waals surface area contributed by atoms with Crippen LogP contribution in [0.2, 0.25) is 0 Å². The van der Waals surface area contributed by atoms with Gasteiger partial charge in [-0.25, -0.2) is 26.4 Å². The number of methoxy groups -OCH3 is 1. The summed E-state index contributed by atoms with van der Waals surface area (Å²) < 4.78 is 65.0. The topological polar surface area (TPSA) is 131 Å². The Labute approximate surface area is 198 Å². The lowest BCUT2D eigenvalue weighted by Crippen LogP contribution is -2.43. The van der Waals surface area contributed by atoms with E-state index in [2.05, 4.69) is 5.32 Å². The molecule has 33 heavy (non-hydrogen) atoms. The minimum atomic E-state index is -4.35. The zero-order chi connectivity index (χ0) is 24.2. The molecule has 10 nitrogen and oxygen atoms in total. The summed E-state index contributed by atoms with van der Waals surface area (Å²) in [4.78, 5) is 12.2. The number of ether oxygens (including phenoxy) is 2. The molecule has 1 aliphatic heterocycles. The second-order valence-corrected chi connectivity index (χ2v) is 12.5. The Hall–Kier alpha value is -2.03. The first-order chi connectivity index (χ1) is 15.6. The van der Waals surface area contributed by atoms with E-state index in [9.17, 15) is 21.6 Å². The number of hydrogen-bond acceptors (Lipinski definition) is 9. The average Bonchev–Trinajstić information content (AvgIpc) is 3.21. The van der Waals surface area contributed by atoms with E-state index in [1.807, 2.05) is 11.6 Å². The normalized spacial score (nSPS) is 18.0. The van der Waals surface area contributed by atoms with Crippen LogP contribution in [0.5, 0.6) is 5.75 Å². The zero-order valence-corrected chi connectivity index (χ0v) is 21.0. The number of thiophene rings is 1. The maximum absolute atomic E-state index is 13.2. The molecule has 13 heteroatoms. The summed E-state index contributed by atoms with van der Waals surface area (Å²) >= 11 is 0.614. The van der Waals surface area contributed by atoms with Gasteiger partial charge in [0.1, 0.15) is 14.2 Å². The van der Waals surface area contributed by atoms with Gasteiger partial charge < -0.3 is 14.8 Å². The predicted octanol–water partition coefficient (Wildman–Crippen LogP) is 2.23. The van der Waals surface area contributed by atoms with Crippen molar-refractivity contribution >= 4 is 37.5 Å². The van der Waals surface area contributed by atoms with Gasteiger partial charge in [-0.15, -0.1) is 11.3 Å². The summed E-state index contributed by atoms with van der Waals surface area (Å²) in [5, 5.41) is 3.21. The van der Waals surface area contributed by atoms with Crippen molar-refractivity contribution in [2.75, 3.05) is 33.4 Å². The first kappa shape index (κ1) is 25.6. The molecule has 2 N–H and O–H groups in total. The molecular weight excluding hydrogens is 490 g/mol. The first-order valence-corrected chi connectivity index (χ1v) is 14.0. The summed E-state index contributed by atoms with van der Waals surface area (Å²) in [5.41, 5.74) is 1.03. The average molecular weight is 518 g/mol. The Morgan fingerprint density at radius 2 is 2.03 bits per heavy atom. The molecule has 0 fully saturated rings. The molecule has 0 saturated heterocycles. The number of para-hydroxylation sites is 1. The molecule has 0 unspecified atom stereocenters. The first-order valence-electron chi connectivity index (χ1n) is 10.3. The summed E-state index contributed by atoms with van der Waals surface area (Å²) in [6.07, 6.45) is -0.671. The minimum absolute atomic E-state index is 0.0511. The van der Waals surface area contributed by atoms with E-state index in [-0.39, 0.29) is 33.3 Å². The SMILES string of the molecule is CCN[C@H]1CN(CCCOC)S(=O)(=O)c2sc(S(=O)(=O)NC(=O)Oc3ccccc3C)cc21. The van der Waals surface area contributed by atoms with Crippen LogP contribution in [-0.2, 0) is 24.8 Å². The Bertz CT molecular complexity index is 1210. The quantitative estimate of drug-likeness (QED) is 0.484. The molecule has 2 aromatic rings. The van der Waals surface area contributed by atoms with Gasteiger partial charge in [-0.05, 0) is 37.6 Å². The van der Waals surface area contributed by atoms with Crippen LogP contribution in [0.25, 0.3) is 0 Å². The lowest BCUT2D eigenvalue weighted by molar-refractivity contribution is 0.185. The number of nitrogens with one attached hydrogen (secondary N) is 2. The van der Waals surface area contributed by atoms with Crippen LogP contribution in [0.1, 0.15) is 30.5 Å². The highest BCUT2D eigenvalue weighted by Gasteiger charge is 2.40. The van der Waals surface area contributed by atoms with Gasteiger partial charge in [-0.3, -0.25) is 0 Å². The van der Waals surface area contributed by atoms with E-state index in [4.69, 9.17) is 9.47 Å². The lowest BCUT2D eigenvalue weighted by Gasteiger charge is -2.32. The summed E-state index contributed by atoms with van der Waals surface area (Å²) in [6.45, 7) is 4.99. The summed E-state index contributed by atoms with van der Waals surface area (Å²) in [7, 11) is -6.70. The van der Waals surface area contributed by atoms with E-state index in [0.29, 0.717) is 42.0 Å². The fourth-order valence-corrected chi connectivity index (χ4v) is 8.19. The highest BCUT2D eigenvalue weighted by Crippen LogP contribution is 2.40. The molecular formula is C20H27N3O7S3. The van der Waals surface area contributed by atoms with Crippen LogP contribution in [0.15, 0.2) is 38.8 Å². The van der Waals surface area contributed by atoms with Gasteiger partial charge in [0.2, 0.25) is 0 Å². The van der Waals surface area contributed by atoms with Gasteiger partial charge >= 0.3 is 6.09 Å². The zero-order valence-electron chi connectivity index (χ0n) is 18.5. The van der Waals surface area contributed by atoms with Crippen LogP contribution >= 0.6 is 11.3 Å².